The molecule has 194 valence electrons. The third-order valence-corrected chi connectivity index (χ3v) is 6.44. The summed E-state index contributed by atoms with van der Waals surface area (Å²) in [4.78, 5) is 50.6. The van der Waals surface area contributed by atoms with Crippen LogP contribution in [0.4, 0.5) is 20.6 Å². The molecule has 0 spiro atoms. The molecule has 0 aliphatic carbocycles. The Balaban J connectivity index is 1.35. The average molecular weight is 554 g/mol. The fourth-order valence-electron chi connectivity index (χ4n) is 3.47. The van der Waals surface area contributed by atoms with Gasteiger partial charge in [-0.05, 0) is 72.3 Å². The number of amides is 4. The van der Waals surface area contributed by atoms with Gasteiger partial charge in [0.05, 0.1) is 15.6 Å². The van der Waals surface area contributed by atoms with Crippen LogP contribution in [0.2, 0.25) is 5.02 Å². The van der Waals surface area contributed by atoms with Crippen LogP contribution in [0.1, 0.15) is 11.1 Å². The molecule has 11 heteroatoms. The number of anilines is 2. The normalized spacial score (nSPS) is 14.1. The molecule has 0 atom stereocenters. The first-order valence-corrected chi connectivity index (χ1v) is 12.5. The molecule has 1 heterocycles. The van der Waals surface area contributed by atoms with Crippen LogP contribution in [0.5, 0.6) is 5.75 Å². The van der Waals surface area contributed by atoms with Crippen molar-refractivity contribution in [3.05, 3.63) is 93.6 Å². The van der Waals surface area contributed by atoms with Gasteiger partial charge < -0.3 is 15.4 Å². The number of nitrogens with zero attached hydrogens (tertiary/aromatic N) is 1. The lowest BCUT2D eigenvalue weighted by Gasteiger charge is -2.12. The maximum Gasteiger partial charge on any atom is 0.294 e. The highest BCUT2D eigenvalue weighted by atomic mass is 35.5. The molecule has 3 aromatic rings. The van der Waals surface area contributed by atoms with E-state index in [0.717, 1.165) is 10.5 Å². The molecule has 2 N–H and O–H groups in total. The second kappa shape index (κ2) is 11.9. The Kier molecular flexibility index (Phi) is 8.45. The summed E-state index contributed by atoms with van der Waals surface area (Å²) in [7, 11) is 0. The van der Waals surface area contributed by atoms with Gasteiger partial charge in [-0.2, -0.15) is 0 Å². The van der Waals surface area contributed by atoms with Crippen molar-refractivity contribution in [3.8, 4) is 5.75 Å². The molecule has 0 bridgehead atoms. The van der Waals surface area contributed by atoms with Gasteiger partial charge in [-0.25, -0.2) is 4.39 Å². The Labute approximate surface area is 226 Å². The van der Waals surface area contributed by atoms with E-state index in [4.69, 9.17) is 16.3 Å². The van der Waals surface area contributed by atoms with Crippen LogP contribution < -0.4 is 15.4 Å². The second-order valence-electron chi connectivity index (χ2n) is 8.19. The molecule has 1 fully saturated rings. The summed E-state index contributed by atoms with van der Waals surface area (Å²) in [5.74, 6) is -2.04. The minimum atomic E-state index is -0.597. The number of hydrogen-bond acceptors (Lipinski definition) is 6. The summed E-state index contributed by atoms with van der Waals surface area (Å²) in [5.41, 5.74) is 2.06. The van der Waals surface area contributed by atoms with E-state index in [2.05, 4.69) is 10.6 Å². The first-order chi connectivity index (χ1) is 18.2. The third kappa shape index (κ3) is 6.78. The van der Waals surface area contributed by atoms with E-state index < -0.39 is 41.9 Å². The lowest BCUT2D eigenvalue weighted by atomic mass is 10.2. The van der Waals surface area contributed by atoms with E-state index in [1.165, 1.54) is 36.4 Å². The number of ether oxygens (including phenoxy) is 1. The smallest absolute Gasteiger partial charge is 0.294 e. The molecule has 8 nitrogen and oxygen atoms in total. The highest BCUT2D eigenvalue weighted by molar-refractivity contribution is 8.18. The first kappa shape index (κ1) is 26.9. The van der Waals surface area contributed by atoms with Crippen LogP contribution in [0.3, 0.4) is 0 Å². The largest absolute Gasteiger partial charge is 0.482 e. The Morgan fingerprint density at radius 2 is 1.82 bits per heavy atom. The Hall–Kier alpha value is -4.15. The van der Waals surface area contributed by atoms with Crippen LogP contribution >= 0.6 is 23.4 Å². The number of nitrogens with one attached hydrogen (secondary N) is 2. The quantitative estimate of drug-likeness (QED) is 0.358. The molecule has 4 rings (SSSR count). The van der Waals surface area contributed by atoms with Gasteiger partial charge in [-0.15, -0.1) is 0 Å². The summed E-state index contributed by atoms with van der Waals surface area (Å²) < 4.78 is 19.1. The lowest BCUT2D eigenvalue weighted by Crippen LogP contribution is -2.36. The SMILES string of the molecule is Cc1cccc(NC(=O)CN2C(=O)S/C(=C\c3ccc(OCC(=O)Nc4ccccc4F)c(Cl)c3)C2=O)c1. The topological polar surface area (TPSA) is 105 Å². The minimum absolute atomic E-state index is 0.0316. The van der Waals surface area contributed by atoms with E-state index in [0.29, 0.717) is 23.0 Å². The van der Waals surface area contributed by atoms with Crippen LogP contribution in [0.25, 0.3) is 6.08 Å². The van der Waals surface area contributed by atoms with Gasteiger partial charge in [-0.1, -0.05) is 41.9 Å². The van der Waals surface area contributed by atoms with Crippen molar-refractivity contribution in [1.29, 1.82) is 0 Å². The zero-order valence-corrected chi connectivity index (χ0v) is 21.6. The van der Waals surface area contributed by atoms with Crippen molar-refractivity contribution >= 4 is 63.8 Å². The van der Waals surface area contributed by atoms with E-state index in [-0.39, 0.29) is 21.4 Å². The number of halogens is 2. The predicted molar refractivity (Wildman–Crippen MR) is 144 cm³/mol. The molecule has 4 amide bonds. The molecule has 3 aromatic carbocycles. The van der Waals surface area contributed by atoms with Crippen LogP contribution in [-0.2, 0) is 14.4 Å². The van der Waals surface area contributed by atoms with Gasteiger partial charge in [0.2, 0.25) is 5.91 Å². The third-order valence-electron chi connectivity index (χ3n) is 5.24. The maximum atomic E-state index is 13.7. The van der Waals surface area contributed by atoms with Crippen molar-refractivity contribution in [2.45, 2.75) is 6.92 Å². The average Bonchev–Trinajstić information content (AvgIpc) is 3.12. The monoisotopic (exact) mass is 553 g/mol. The van der Waals surface area contributed by atoms with Crippen LogP contribution in [-0.4, -0.2) is 41.0 Å². The Morgan fingerprint density at radius 3 is 2.55 bits per heavy atom. The standard InChI is InChI=1S/C27H21ClFN3O5S/c1-16-5-4-6-18(11-16)30-24(33)14-32-26(35)23(38-27(32)36)13-17-9-10-22(19(28)12-17)37-15-25(34)31-21-8-3-2-7-20(21)29/h2-13H,14-15H2,1H3,(H,30,33)(H,31,34)/b23-13-. The molecule has 1 aliphatic rings. The number of hydrogen-bond donors (Lipinski definition) is 2. The number of carbonyl (C=O) groups is 4. The zero-order valence-electron chi connectivity index (χ0n) is 20.0. The summed E-state index contributed by atoms with van der Waals surface area (Å²) in [6.45, 7) is 1.06. The number of thioether (sulfide) groups is 1. The van der Waals surface area contributed by atoms with E-state index in [9.17, 15) is 23.6 Å². The summed E-state index contributed by atoms with van der Waals surface area (Å²) in [6.07, 6.45) is 1.48. The van der Waals surface area contributed by atoms with Crippen LogP contribution in [0.15, 0.2) is 71.6 Å². The lowest BCUT2D eigenvalue weighted by molar-refractivity contribution is -0.127. The van der Waals surface area contributed by atoms with Gasteiger partial charge in [0.25, 0.3) is 17.1 Å². The van der Waals surface area contributed by atoms with Gasteiger partial charge in [0, 0.05) is 5.69 Å². The molecule has 0 unspecified atom stereocenters. The number of imide groups is 1. The molecule has 1 aliphatic heterocycles. The zero-order chi connectivity index (χ0) is 27.2. The second-order valence-corrected chi connectivity index (χ2v) is 9.59. The van der Waals surface area contributed by atoms with Gasteiger partial charge in [0.15, 0.2) is 6.61 Å². The minimum Gasteiger partial charge on any atom is -0.482 e. The van der Waals surface area contributed by atoms with E-state index in [1.54, 1.807) is 30.3 Å². The van der Waals surface area contributed by atoms with Crippen LogP contribution in [0, 0.1) is 12.7 Å². The fourth-order valence-corrected chi connectivity index (χ4v) is 4.55. The van der Waals surface area contributed by atoms with Gasteiger partial charge in [-0.3, -0.25) is 24.1 Å². The highest BCUT2D eigenvalue weighted by Gasteiger charge is 2.36. The van der Waals surface area contributed by atoms with Crippen molar-refractivity contribution in [2.75, 3.05) is 23.8 Å². The summed E-state index contributed by atoms with van der Waals surface area (Å²) in [6, 6.07) is 17.5. The number of benzene rings is 3. The summed E-state index contributed by atoms with van der Waals surface area (Å²) >= 11 is 6.98. The molecule has 0 saturated carbocycles. The molecule has 0 radical (unpaired) electrons. The maximum absolute atomic E-state index is 13.7. The Morgan fingerprint density at radius 1 is 1.03 bits per heavy atom. The fraction of sp³-hybridized carbons (Fsp3) is 0.111. The molecule has 1 saturated heterocycles. The molecule has 38 heavy (non-hydrogen) atoms. The summed E-state index contributed by atoms with van der Waals surface area (Å²) in [5, 5.41) is 4.68. The molecule has 0 aromatic heterocycles. The number of aryl methyl sites for hydroxylation is 1. The van der Waals surface area contributed by atoms with E-state index in [1.807, 2.05) is 13.0 Å². The van der Waals surface area contributed by atoms with Gasteiger partial charge in [0.1, 0.15) is 18.1 Å². The number of rotatable bonds is 8. The highest BCUT2D eigenvalue weighted by Crippen LogP contribution is 2.33. The number of para-hydroxylation sites is 1. The number of carbonyl (C=O) groups excluding carboxylic acids is 4. The van der Waals surface area contributed by atoms with Gasteiger partial charge >= 0.3 is 0 Å². The van der Waals surface area contributed by atoms with Crippen molar-refractivity contribution in [1.82, 2.24) is 4.90 Å². The van der Waals surface area contributed by atoms with Crippen molar-refractivity contribution in [2.24, 2.45) is 0 Å². The van der Waals surface area contributed by atoms with E-state index >= 15 is 0 Å². The molecular formula is C27H21ClFN3O5S. The first-order valence-electron chi connectivity index (χ1n) is 11.3. The predicted octanol–water partition coefficient (Wildman–Crippen LogP) is 5.48. The van der Waals surface area contributed by atoms with Crippen molar-refractivity contribution < 1.29 is 28.3 Å². The van der Waals surface area contributed by atoms with Crippen molar-refractivity contribution in [3.63, 3.8) is 0 Å². The molecular weight excluding hydrogens is 533 g/mol. The Bertz CT molecular complexity index is 1460.